The second-order valence-electron chi connectivity index (χ2n) is 4.74. The highest BCUT2D eigenvalue weighted by Gasteiger charge is 2.11. The van der Waals surface area contributed by atoms with Gasteiger partial charge >= 0.3 is 0 Å². The minimum Gasteiger partial charge on any atom is -0.493 e. The average molecular weight is 247 g/mol. The summed E-state index contributed by atoms with van der Waals surface area (Å²) in [5, 5.41) is 2.96. The van der Waals surface area contributed by atoms with Crippen molar-refractivity contribution in [3.05, 3.63) is 29.3 Å². The molecular weight excluding hydrogens is 226 g/mol. The van der Waals surface area contributed by atoms with Gasteiger partial charge in [-0.05, 0) is 30.0 Å². The first-order valence-corrected chi connectivity index (χ1v) is 6.81. The SMILES string of the molecule is CCCCC(=O)NCCc1ccc2c(c1)CCO2. The van der Waals surface area contributed by atoms with Crippen molar-refractivity contribution < 1.29 is 9.53 Å². The van der Waals surface area contributed by atoms with Crippen LogP contribution < -0.4 is 10.1 Å². The van der Waals surface area contributed by atoms with Crippen molar-refractivity contribution in [1.29, 1.82) is 0 Å². The van der Waals surface area contributed by atoms with Crippen LogP contribution in [-0.4, -0.2) is 19.1 Å². The van der Waals surface area contributed by atoms with E-state index in [1.54, 1.807) is 0 Å². The van der Waals surface area contributed by atoms with Crippen LogP contribution in [0.25, 0.3) is 0 Å². The molecule has 0 aliphatic carbocycles. The molecule has 0 fully saturated rings. The highest BCUT2D eigenvalue weighted by molar-refractivity contribution is 5.75. The summed E-state index contributed by atoms with van der Waals surface area (Å²) in [4.78, 5) is 11.4. The van der Waals surface area contributed by atoms with E-state index >= 15 is 0 Å². The lowest BCUT2D eigenvalue weighted by Gasteiger charge is -2.06. The van der Waals surface area contributed by atoms with Gasteiger partial charge in [-0.3, -0.25) is 4.79 Å². The molecule has 98 valence electrons. The molecular formula is C15H21NO2. The third-order valence-electron chi connectivity index (χ3n) is 3.25. The third kappa shape index (κ3) is 3.49. The summed E-state index contributed by atoms with van der Waals surface area (Å²) in [7, 11) is 0. The van der Waals surface area contributed by atoms with E-state index in [-0.39, 0.29) is 5.91 Å². The summed E-state index contributed by atoms with van der Waals surface area (Å²) in [6.45, 7) is 3.62. The van der Waals surface area contributed by atoms with Gasteiger partial charge in [0.25, 0.3) is 0 Å². The normalized spacial score (nSPS) is 12.9. The molecule has 0 bridgehead atoms. The predicted molar refractivity (Wildman–Crippen MR) is 71.9 cm³/mol. The van der Waals surface area contributed by atoms with E-state index in [2.05, 4.69) is 24.4 Å². The molecule has 1 aliphatic rings. The highest BCUT2D eigenvalue weighted by atomic mass is 16.5. The van der Waals surface area contributed by atoms with Gasteiger partial charge in [0.2, 0.25) is 5.91 Å². The molecule has 1 aliphatic heterocycles. The summed E-state index contributed by atoms with van der Waals surface area (Å²) in [5.41, 5.74) is 2.57. The van der Waals surface area contributed by atoms with Gasteiger partial charge in [0, 0.05) is 19.4 Å². The van der Waals surface area contributed by atoms with E-state index in [1.165, 1.54) is 11.1 Å². The van der Waals surface area contributed by atoms with Crippen molar-refractivity contribution in [2.45, 2.75) is 39.0 Å². The third-order valence-corrected chi connectivity index (χ3v) is 3.25. The summed E-state index contributed by atoms with van der Waals surface area (Å²) >= 11 is 0. The summed E-state index contributed by atoms with van der Waals surface area (Å²) in [5.74, 6) is 1.19. The van der Waals surface area contributed by atoms with Crippen molar-refractivity contribution in [3.8, 4) is 5.75 Å². The van der Waals surface area contributed by atoms with Gasteiger partial charge in [-0.2, -0.15) is 0 Å². The van der Waals surface area contributed by atoms with Crippen LogP contribution in [0.4, 0.5) is 0 Å². The van der Waals surface area contributed by atoms with E-state index in [0.29, 0.717) is 6.42 Å². The average Bonchev–Trinajstić information content (AvgIpc) is 2.83. The molecule has 0 atom stereocenters. The second kappa shape index (κ2) is 6.43. The zero-order valence-electron chi connectivity index (χ0n) is 11.0. The smallest absolute Gasteiger partial charge is 0.220 e. The Morgan fingerprint density at radius 3 is 3.17 bits per heavy atom. The van der Waals surface area contributed by atoms with Crippen molar-refractivity contribution in [2.75, 3.05) is 13.2 Å². The maximum absolute atomic E-state index is 11.4. The van der Waals surface area contributed by atoms with Crippen molar-refractivity contribution in [1.82, 2.24) is 5.32 Å². The van der Waals surface area contributed by atoms with Crippen molar-refractivity contribution in [3.63, 3.8) is 0 Å². The van der Waals surface area contributed by atoms with Gasteiger partial charge in [-0.15, -0.1) is 0 Å². The van der Waals surface area contributed by atoms with Gasteiger partial charge in [-0.25, -0.2) is 0 Å². The lowest BCUT2D eigenvalue weighted by molar-refractivity contribution is -0.121. The Morgan fingerprint density at radius 1 is 1.44 bits per heavy atom. The number of carbonyl (C=O) groups excluding carboxylic acids is 1. The molecule has 1 N–H and O–H groups in total. The first-order valence-electron chi connectivity index (χ1n) is 6.81. The number of ether oxygens (including phenoxy) is 1. The Balaban J connectivity index is 1.75. The molecule has 1 aromatic rings. The maximum Gasteiger partial charge on any atom is 0.220 e. The van der Waals surface area contributed by atoms with Crippen LogP contribution in [0.3, 0.4) is 0 Å². The Hall–Kier alpha value is -1.51. The Morgan fingerprint density at radius 2 is 2.33 bits per heavy atom. The van der Waals surface area contributed by atoms with Gasteiger partial charge in [0.15, 0.2) is 0 Å². The standard InChI is InChI=1S/C15H21NO2/c1-2-3-4-15(17)16-9-7-12-5-6-14-13(11-12)8-10-18-14/h5-6,11H,2-4,7-10H2,1H3,(H,16,17). The fourth-order valence-electron chi connectivity index (χ4n) is 2.17. The molecule has 3 heteroatoms. The molecule has 3 nitrogen and oxygen atoms in total. The maximum atomic E-state index is 11.4. The van der Waals surface area contributed by atoms with Crippen LogP contribution in [0, 0.1) is 0 Å². The summed E-state index contributed by atoms with van der Waals surface area (Å²) in [6, 6.07) is 6.32. The van der Waals surface area contributed by atoms with E-state index in [4.69, 9.17) is 4.74 Å². The summed E-state index contributed by atoms with van der Waals surface area (Å²) < 4.78 is 5.47. The number of carbonyl (C=O) groups is 1. The molecule has 0 saturated carbocycles. The zero-order valence-corrected chi connectivity index (χ0v) is 11.0. The van der Waals surface area contributed by atoms with E-state index in [0.717, 1.165) is 44.6 Å². The first kappa shape index (κ1) is 12.9. The van der Waals surface area contributed by atoms with Gasteiger partial charge < -0.3 is 10.1 Å². The van der Waals surface area contributed by atoms with E-state index in [9.17, 15) is 4.79 Å². The van der Waals surface area contributed by atoms with Crippen molar-refractivity contribution in [2.24, 2.45) is 0 Å². The van der Waals surface area contributed by atoms with E-state index in [1.807, 2.05) is 6.07 Å². The molecule has 1 amide bonds. The number of benzene rings is 1. The molecule has 1 aromatic carbocycles. The molecule has 0 radical (unpaired) electrons. The zero-order chi connectivity index (χ0) is 12.8. The number of amides is 1. The molecule has 18 heavy (non-hydrogen) atoms. The number of nitrogens with one attached hydrogen (secondary N) is 1. The lowest BCUT2D eigenvalue weighted by Crippen LogP contribution is -2.25. The van der Waals surface area contributed by atoms with Crippen LogP contribution in [0.5, 0.6) is 5.75 Å². The molecule has 2 rings (SSSR count). The topological polar surface area (TPSA) is 38.3 Å². The van der Waals surface area contributed by atoms with Gasteiger partial charge in [0.1, 0.15) is 5.75 Å². The number of unbranched alkanes of at least 4 members (excludes halogenated alkanes) is 1. The van der Waals surface area contributed by atoms with E-state index < -0.39 is 0 Å². The molecule has 0 aromatic heterocycles. The number of rotatable bonds is 6. The number of hydrogen-bond donors (Lipinski definition) is 1. The van der Waals surface area contributed by atoms with Gasteiger partial charge in [-0.1, -0.05) is 25.5 Å². The summed E-state index contributed by atoms with van der Waals surface area (Å²) in [6.07, 6.45) is 4.59. The minimum atomic E-state index is 0.168. The Bertz CT molecular complexity index is 415. The minimum absolute atomic E-state index is 0.168. The largest absolute Gasteiger partial charge is 0.493 e. The van der Waals surface area contributed by atoms with Crippen molar-refractivity contribution >= 4 is 5.91 Å². The van der Waals surface area contributed by atoms with Crippen LogP contribution in [0.1, 0.15) is 37.3 Å². The van der Waals surface area contributed by atoms with Crippen LogP contribution in [-0.2, 0) is 17.6 Å². The first-order chi connectivity index (χ1) is 8.79. The van der Waals surface area contributed by atoms with Gasteiger partial charge in [0.05, 0.1) is 6.61 Å². The molecule has 0 unspecified atom stereocenters. The highest BCUT2D eigenvalue weighted by Crippen LogP contribution is 2.25. The second-order valence-corrected chi connectivity index (χ2v) is 4.74. The number of fused-ring (bicyclic) bond motifs is 1. The molecule has 0 saturated heterocycles. The van der Waals surface area contributed by atoms with Crippen LogP contribution in [0.2, 0.25) is 0 Å². The fourth-order valence-corrected chi connectivity index (χ4v) is 2.17. The fraction of sp³-hybridized carbons (Fsp3) is 0.533. The predicted octanol–water partition coefficient (Wildman–Crippen LogP) is 2.47. The Labute approximate surface area is 109 Å². The Kier molecular flexibility index (Phi) is 4.62. The number of hydrogen-bond acceptors (Lipinski definition) is 2. The van der Waals surface area contributed by atoms with Crippen LogP contribution >= 0.6 is 0 Å². The molecule has 1 heterocycles. The molecule has 0 spiro atoms. The lowest BCUT2D eigenvalue weighted by atomic mass is 10.1. The van der Waals surface area contributed by atoms with Crippen LogP contribution in [0.15, 0.2) is 18.2 Å². The quantitative estimate of drug-likeness (QED) is 0.838. The monoisotopic (exact) mass is 247 g/mol.